The molecule has 3 nitrogen and oxygen atoms in total. The second-order valence-corrected chi connectivity index (χ2v) is 7.43. The lowest BCUT2D eigenvalue weighted by atomic mass is 10.3. The number of hydrogen-bond donors (Lipinski definition) is 0. The molecule has 2 aromatic carbocycles. The molecule has 0 unspecified atom stereocenters. The molecule has 106 valence electrons. The van der Waals surface area contributed by atoms with Gasteiger partial charge in [-0.15, -0.1) is 11.8 Å². The molecule has 0 aliphatic carbocycles. The lowest BCUT2D eigenvalue weighted by Crippen LogP contribution is -2.08. The number of sulfone groups is 1. The molecule has 20 heavy (non-hydrogen) atoms. The Labute approximate surface area is 123 Å². The van der Waals surface area contributed by atoms with Gasteiger partial charge in [-0.1, -0.05) is 18.2 Å². The van der Waals surface area contributed by atoms with Gasteiger partial charge < -0.3 is 4.74 Å². The van der Waals surface area contributed by atoms with Gasteiger partial charge >= 0.3 is 0 Å². The van der Waals surface area contributed by atoms with Crippen LogP contribution in [0.1, 0.15) is 0 Å². The third kappa shape index (κ3) is 4.02. The fourth-order valence-corrected chi connectivity index (χ4v) is 4.27. The summed E-state index contributed by atoms with van der Waals surface area (Å²) in [6.45, 7) is 0. The van der Waals surface area contributed by atoms with Gasteiger partial charge in [0.25, 0.3) is 0 Å². The third-order valence-corrected chi connectivity index (χ3v) is 5.79. The molecular formula is C15H16O3S2. The summed E-state index contributed by atoms with van der Waals surface area (Å²) in [4.78, 5) is 1.42. The molecule has 0 bridgehead atoms. The average molecular weight is 308 g/mol. The molecule has 0 spiro atoms. The lowest BCUT2D eigenvalue weighted by Gasteiger charge is -2.05. The largest absolute Gasteiger partial charge is 0.497 e. The number of rotatable bonds is 6. The quantitative estimate of drug-likeness (QED) is 0.768. The Morgan fingerprint density at radius 2 is 1.65 bits per heavy atom. The molecule has 0 heterocycles. The highest BCUT2D eigenvalue weighted by molar-refractivity contribution is 8.00. The third-order valence-electron chi connectivity index (χ3n) is 2.78. The van der Waals surface area contributed by atoms with Crippen molar-refractivity contribution < 1.29 is 13.2 Å². The van der Waals surface area contributed by atoms with Gasteiger partial charge in [0.2, 0.25) is 0 Å². The Morgan fingerprint density at radius 1 is 1.00 bits per heavy atom. The predicted octanol–water partition coefficient (Wildman–Crippen LogP) is 3.26. The van der Waals surface area contributed by atoms with Crippen LogP contribution in [0, 0.1) is 0 Å². The van der Waals surface area contributed by atoms with Crippen molar-refractivity contribution in [2.75, 3.05) is 18.6 Å². The molecule has 0 aliphatic heterocycles. The van der Waals surface area contributed by atoms with Crippen LogP contribution in [-0.2, 0) is 9.84 Å². The fraction of sp³-hybridized carbons (Fsp3) is 0.200. The van der Waals surface area contributed by atoms with E-state index < -0.39 is 9.84 Å². The number of hydrogen-bond acceptors (Lipinski definition) is 4. The molecule has 0 saturated heterocycles. The van der Waals surface area contributed by atoms with Crippen LogP contribution in [0.2, 0.25) is 0 Å². The molecule has 0 N–H and O–H groups in total. The summed E-state index contributed by atoms with van der Waals surface area (Å²) < 4.78 is 29.3. The van der Waals surface area contributed by atoms with Gasteiger partial charge in [-0.2, -0.15) is 0 Å². The highest BCUT2D eigenvalue weighted by Crippen LogP contribution is 2.22. The first-order valence-electron chi connectivity index (χ1n) is 6.16. The minimum Gasteiger partial charge on any atom is -0.497 e. The Balaban J connectivity index is 1.92. The van der Waals surface area contributed by atoms with Gasteiger partial charge in [0.1, 0.15) is 5.75 Å². The molecule has 0 amide bonds. The summed E-state index contributed by atoms with van der Waals surface area (Å²) in [5.74, 6) is 1.46. The molecule has 2 rings (SSSR count). The first-order valence-corrected chi connectivity index (χ1v) is 8.80. The van der Waals surface area contributed by atoms with Crippen molar-refractivity contribution in [1.29, 1.82) is 0 Å². The van der Waals surface area contributed by atoms with E-state index in [0.29, 0.717) is 10.6 Å². The summed E-state index contributed by atoms with van der Waals surface area (Å²) >= 11 is 1.53. The average Bonchev–Trinajstić information content (AvgIpc) is 2.49. The summed E-state index contributed by atoms with van der Waals surface area (Å²) in [6.07, 6.45) is 0. The van der Waals surface area contributed by atoms with Crippen molar-refractivity contribution >= 4 is 21.6 Å². The zero-order valence-electron chi connectivity index (χ0n) is 11.2. The second-order valence-electron chi connectivity index (χ2n) is 4.16. The van der Waals surface area contributed by atoms with E-state index in [-0.39, 0.29) is 5.75 Å². The Hall–Kier alpha value is -1.46. The number of ether oxygens (including phenoxy) is 1. The van der Waals surface area contributed by atoms with E-state index in [1.807, 2.05) is 30.3 Å². The van der Waals surface area contributed by atoms with Gasteiger partial charge in [0.05, 0.1) is 17.8 Å². The minimum absolute atomic E-state index is 0.133. The van der Waals surface area contributed by atoms with E-state index >= 15 is 0 Å². The van der Waals surface area contributed by atoms with Crippen LogP contribution >= 0.6 is 11.8 Å². The minimum atomic E-state index is -3.19. The van der Waals surface area contributed by atoms with Gasteiger partial charge in [-0.3, -0.25) is 0 Å². The van der Waals surface area contributed by atoms with Crippen molar-refractivity contribution in [1.82, 2.24) is 0 Å². The highest BCUT2D eigenvalue weighted by atomic mass is 32.2. The first kappa shape index (κ1) is 14.9. The normalized spacial score (nSPS) is 11.2. The molecule has 0 aromatic heterocycles. The van der Waals surface area contributed by atoms with E-state index in [2.05, 4.69) is 0 Å². The van der Waals surface area contributed by atoms with Crippen molar-refractivity contribution in [2.45, 2.75) is 9.79 Å². The number of methoxy groups -OCH3 is 1. The zero-order chi connectivity index (χ0) is 14.4. The first-order chi connectivity index (χ1) is 9.62. The topological polar surface area (TPSA) is 43.4 Å². The lowest BCUT2D eigenvalue weighted by molar-refractivity contribution is 0.414. The maximum Gasteiger partial charge on any atom is 0.179 e. The Kier molecular flexibility index (Phi) is 5.09. The van der Waals surface area contributed by atoms with E-state index in [4.69, 9.17) is 4.74 Å². The molecule has 0 aliphatic rings. The molecular weight excluding hydrogens is 292 g/mol. The van der Waals surface area contributed by atoms with Crippen molar-refractivity contribution in [2.24, 2.45) is 0 Å². The van der Waals surface area contributed by atoms with Crippen LogP contribution < -0.4 is 4.74 Å². The summed E-state index contributed by atoms with van der Waals surface area (Å²) in [5, 5.41) is 0. The molecule has 0 atom stereocenters. The SMILES string of the molecule is COc1ccc(SCCS(=O)(=O)c2ccccc2)cc1. The number of benzene rings is 2. The van der Waals surface area contributed by atoms with E-state index in [1.165, 1.54) is 11.8 Å². The van der Waals surface area contributed by atoms with Crippen LogP contribution in [0.5, 0.6) is 5.75 Å². The predicted molar refractivity (Wildman–Crippen MR) is 82.2 cm³/mol. The summed E-state index contributed by atoms with van der Waals surface area (Å²) in [5.41, 5.74) is 0. The molecule has 5 heteroatoms. The molecule has 0 saturated carbocycles. The molecule has 0 radical (unpaired) electrons. The van der Waals surface area contributed by atoms with E-state index in [1.54, 1.807) is 31.4 Å². The summed E-state index contributed by atoms with van der Waals surface area (Å²) in [7, 11) is -1.57. The van der Waals surface area contributed by atoms with Crippen LogP contribution in [0.25, 0.3) is 0 Å². The molecule has 0 fully saturated rings. The van der Waals surface area contributed by atoms with Crippen LogP contribution in [0.4, 0.5) is 0 Å². The van der Waals surface area contributed by atoms with Gasteiger partial charge in [-0.05, 0) is 36.4 Å². The van der Waals surface area contributed by atoms with Gasteiger partial charge in [-0.25, -0.2) is 8.42 Å². The number of thioether (sulfide) groups is 1. The van der Waals surface area contributed by atoms with Crippen molar-refractivity contribution in [3.63, 3.8) is 0 Å². The fourth-order valence-electron chi connectivity index (χ4n) is 1.69. The Morgan fingerprint density at radius 3 is 2.25 bits per heavy atom. The maximum absolute atomic E-state index is 12.1. The highest BCUT2D eigenvalue weighted by Gasteiger charge is 2.13. The zero-order valence-corrected chi connectivity index (χ0v) is 12.8. The van der Waals surface area contributed by atoms with E-state index in [0.717, 1.165) is 10.6 Å². The van der Waals surface area contributed by atoms with Crippen molar-refractivity contribution in [3.05, 3.63) is 54.6 Å². The Bertz CT molecular complexity index is 635. The van der Waals surface area contributed by atoms with Crippen LogP contribution in [-0.4, -0.2) is 27.0 Å². The maximum atomic E-state index is 12.1. The van der Waals surface area contributed by atoms with E-state index in [9.17, 15) is 8.42 Å². The van der Waals surface area contributed by atoms with Gasteiger partial charge in [0.15, 0.2) is 9.84 Å². The van der Waals surface area contributed by atoms with Crippen LogP contribution in [0.3, 0.4) is 0 Å². The van der Waals surface area contributed by atoms with Gasteiger partial charge in [0, 0.05) is 10.6 Å². The standard InChI is InChI=1S/C15H16O3S2/c1-18-13-7-9-14(10-8-13)19-11-12-20(16,17)15-5-3-2-4-6-15/h2-10H,11-12H2,1H3. The second kappa shape index (κ2) is 6.81. The summed E-state index contributed by atoms with van der Waals surface area (Å²) in [6, 6.07) is 16.2. The monoisotopic (exact) mass is 308 g/mol. The molecule has 2 aromatic rings. The smallest absolute Gasteiger partial charge is 0.179 e. The van der Waals surface area contributed by atoms with Crippen LogP contribution in [0.15, 0.2) is 64.4 Å². The van der Waals surface area contributed by atoms with Crippen molar-refractivity contribution in [3.8, 4) is 5.75 Å².